The number of ketones is 1. The van der Waals surface area contributed by atoms with Gasteiger partial charge in [0, 0.05) is 24.1 Å². The summed E-state index contributed by atoms with van der Waals surface area (Å²) in [5.74, 6) is -2.05. The molecule has 3 rings (SSSR count). The van der Waals surface area contributed by atoms with Crippen molar-refractivity contribution >= 4 is 17.7 Å². The molecule has 27 heavy (non-hydrogen) atoms. The molecule has 0 spiro atoms. The molecule has 0 saturated carbocycles. The number of ether oxygens (including phenoxy) is 1. The summed E-state index contributed by atoms with van der Waals surface area (Å²) in [4.78, 5) is 36.0. The van der Waals surface area contributed by atoms with Gasteiger partial charge in [-0.05, 0) is 18.6 Å². The third kappa shape index (κ3) is 4.41. The number of esters is 1. The van der Waals surface area contributed by atoms with Crippen LogP contribution in [-0.4, -0.2) is 41.5 Å². The van der Waals surface area contributed by atoms with Gasteiger partial charge in [0.1, 0.15) is 12.1 Å². The summed E-state index contributed by atoms with van der Waals surface area (Å²) in [6.45, 7) is 2.04. The first kappa shape index (κ1) is 18.8. The number of nitrogens with one attached hydrogen (secondary N) is 1. The maximum absolute atomic E-state index is 12.6. The molecule has 1 saturated heterocycles. The highest BCUT2D eigenvalue weighted by Crippen LogP contribution is 2.22. The Morgan fingerprint density at radius 3 is 2.44 bits per heavy atom. The monoisotopic (exact) mass is 367 g/mol. The van der Waals surface area contributed by atoms with E-state index in [9.17, 15) is 14.4 Å². The third-order valence-electron chi connectivity index (χ3n) is 4.71. The standard InChI is InChI=1S/C21H21NO5/c1-13(21(26)27-17-11-18(20(24)25)22-12-17)15-8-5-9-16(10-15)19(23)14-6-3-2-4-7-14/h2-10,13,17-18,22H,11-12H2,1H3,(H,24,25)/t13-,17-,18+/m1/s1. The molecule has 0 unspecified atom stereocenters. The minimum Gasteiger partial charge on any atom is -0.480 e. The topological polar surface area (TPSA) is 92.7 Å². The first-order chi connectivity index (χ1) is 13.0. The Morgan fingerprint density at radius 2 is 1.78 bits per heavy atom. The summed E-state index contributed by atoms with van der Waals surface area (Å²) in [6.07, 6.45) is -0.212. The average Bonchev–Trinajstić information content (AvgIpc) is 3.16. The molecular weight excluding hydrogens is 346 g/mol. The minimum atomic E-state index is -0.950. The Hall–Kier alpha value is -2.99. The summed E-state index contributed by atoms with van der Waals surface area (Å²) < 4.78 is 5.44. The van der Waals surface area contributed by atoms with Crippen molar-refractivity contribution in [1.82, 2.24) is 5.32 Å². The van der Waals surface area contributed by atoms with Gasteiger partial charge >= 0.3 is 11.9 Å². The quantitative estimate of drug-likeness (QED) is 0.602. The summed E-state index contributed by atoms with van der Waals surface area (Å²) in [5.41, 5.74) is 1.77. The molecule has 1 aliphatic rings. The molecule has 0 aromatic heterocycles. The normalized spacial score (nSPS) is 20.0. The molecule has 0 amide bonds. The number of carbonyl (C=O) groups is 3. The molecule has 0 aliphatic carbocycles. The van der Waals surface area contributed by atoms with Gasteiger partial charge in [-0.25, -0.2) is 0 Å². The smallest absolute Gasteiger partial charge is 0.320 e. The third-order valence-corrected chi connectivity index (χ3v) is 4.71. The van der Waals surface area contributed by atoms with Crippen LogP contribution in [0.1, 0.15) is 40.7 Å². The van der Waals surface area contributed by atoms with E-state index in [1.54, 1.807) is 55.5 Å². The molecular formula is C21H21NO5. The molecule has 140 valence electrons. The van der Waals surface area contributed by atoms with E-state index in [0.717, 1.165) is 0 Å². The zero-order valence-corrected chi connectivity index (χ0v) is 14.9. The molecule has 1 aliphatic heterocycles. The molecule has 0 radical (unpaired) electrons. The maximum atomic E-state index is 12.6. The van der Waals surface area contributed by atoms with Crippen molar-refractivity contribution in [2.24, 2.45) is 0 Å². The lowest BCUT2D eigenvalue weighted by atomic mass is 9.96. The van der Waals surface area contributed by atoms with E-state index < -0.39 is 30.0 Å². The number of aliphatic carboxylic acids is 1. The van der Waals surface area contributed by atoms with Crippen LogP contribution in [0.3, 0.4) is 0 Å². The van der Waals surface area contributed by atoms with Crippen LogP contribution in [0.4, 0.5) is 0 Å². The summed E-state index contributed by atoms with van der Waals surface area (Å²) in [6, 6.07) is 15.2. The lowest BCUT2D eigenvalue weighted by Crippen LogP contribution is -2.30. The minimum absolute atomic E-state index is 0.109. The van der Waals surface area contributed by atoms with E-state index in [1.165, 1.54) is 0 Å². The van der Waals surface area contributed by atoms with Crippen LogP contribution in [0.25, 0.3) is 0 Å². The second-order valence-electron chi connectivity index (χ2n) is 6.64. The lowest BCUT2D eigenvalue weighted by Gasteiger charge is -2.16. The van der Waals surface area contributed by atoms with Gasteiger partial charge in [0.05, 0.1) is 5.92 Å². The van der Waals surface area contributed by atoms with E-state index in [-0.39, 0.29) is 12.2 Å². The number of carboxylic acids is 1. The molecule has 6 nitrogen and oxygen atoms in total. The van der Waals surface area contributed by atoms with Crippen molar-refractivity contribution < 1.29 is 24.2 Å². The SMILES string of the molecule is C[C@@H](C(=O)O[C@H]1CN[C@H](C(=O)O)C1)c1cccc(C(=O)c2ccccc2)c1. The molecule has 1 heterocycles. The number of hydrogen-bond acceptors (Lipinski definition) is 5. The summed E-state index contributed by atoms with van der Waals surface area (Å²) in [5, 5.41) is 11.8. The summed E-state index contributed by atoms with van der Waals surface area (Å²) >= 11 is 0. The van der Waals surface area contributed by atoms with Gasteiger partial charge in [-0.15, -0.1) is 0 Å². The molecule has 2 aromatic rings. The van der Waals surface area contributed by atoms with Gasteiger partial charge in [-0.3, -0.25) is 14.4 Å². The zero-order chi connectivity index (χ0) is 19.4. The van der Waals surface area contributed by atoms with Crippen molar-refractivity contribution in [1.29, 1.82) is 0 Å². The highest BCUT2D eigenvalue weighted by molar-refractivity contribution is 6.09. The van der Waals surface area contributed by atoms with E-state index in [4.69, 9.17) is 9.84 Å². The van der Waals surface area contributed by atoms with Crippen LogP contribution in [0.5, 0.6) is 0 Å². The molecule has 6 heteroatoms. The van der Waals surface area contributed by atoms with E-state index in [1.807, 2.05) is 6.07 Å². The fourth-order valence-corrected chi connectivity index (χ4v) is 3.09. The lowest BCUT2D eigenvalue weighted by molar-refractivity contribution is -0.150. The van der Waals surface area contributed by atoms with E-state index in [0.29, 0.717) is 23.2 Å². The summed E-state index contributed by atoms with van der Waals surface area (Å²) in [7, 11) is 0. The molecule has 2 N–H and O–H groups in total. The van der Waals surface area contributed by atoms with Gasteiger partial charge in [0.25, 0.3) is 0 Å². The van der Waals surface area contributed by atoms with E-state index in [2.05, 4.69) is 5.32 Å². The van der Waals surface area contributed by atoms with Crippen LogP contribution < -0.4 is 5.32 Å². The fourth-order valence-electron chi connectivity index (χ4n) is 3.09. The average molecular weight is 367 g/mol. The second-order valence-corrected chi connectivity index (χ2v) is 6.64. The van der Waals surface area contributed by atoms with Gasteiger partial charge in [0.15, 0.2) is 5.78 Å². The Kier molecular flexibility index (Phi) is 5.66. The number of rotatable bonds is 6. The molecule has 1 fully saturated rings. The van der Waals surface area contributed by atoms with Gasteiger partial charge < -0.3 is 15.2 Å². The molecule has 2 aromatic carbocycles. The Labute approximate surface area is 157 Å². The predicted molar refractivity (Wildman–Crippen MR) is 98.7 cm³/mol. The number of hydrogen-bond donors (Lipinski definition) is 2. The van der Waals surface area contributed by atoms with Crippen LogP contribution >= 0.6 is 0 Å². The van der Waals surface area contributed by atoms with Crippen LogP contribution in [-0.2, 0) is 14.3 Å². The number of carbonyl (C=O) groups excluding carboxylic acids is 2. The Balaban J connectivity index is 1.68. The van der Waals surface area contributed by atoms with Crippen LogP contribution in [0, 0.1) is 0 Å². The maximum Gasteiger partial charge on any atom is 0.320 e. The van der Waals surface area contributed by atoms with Gasteiger partial charge in [-0.1, -0.05) is 48.5 Å². The number of benzene rings is 2. The first-order valence-corrected chi connectivity index (χ1v) is 8.82. The van der Waals surface area contributed by atoms with Crippen LogP contribution in [0.15, 0.2) is 54.6 Å². The van der Waals surface area contributed by atoms with Gasteiger partial charge in [0.2, 0.25) is 0 Å². The van der Waals surface area contributed by atoms with Crippen molar-refractivity contribution in [2.75, 3.05) is 6.54 Å². The molecule has 3 atom stereocenters. The van der Waals surface area contributed by atoms with Crippen molar-refractivity contribution in [2.45, 2.75) is 31.4 Å². The molecule has 0 bridgehead atoms. The van der Waals surface area contributed by atoms with E-state index >= 15 is 0 Å². The zero-order valence-electron chi connectivity index (χ0n) is 14.9. The fraction of sp³-hybridized carbons (Fsp3) is 0.286. The van der Waals surface area contributed by atoms with Crippen molar-refractivity contribution in [3.05, 3.63) is 71.3 Å². The van der Waals surface area contributed by atoms with Gasteiger partial charge in [-0.2, -0.15) is 0 Å². The largest absolute Gasteiger partial charge is 0.480 e. The van der Waals surface area contributed by atoms with Crippen molar-refractivity contribution in [3.8, 4) is 0 Å². The highest BCUT2D eigenvalue weighted by atomic mass is 16.5. The Morgan fingerprint density at radius 1 is 1.07 bits per heavy atom. The predicted octanol–water partition coefficient (Wildman–Crippen LogP) is 2.38. The number of carboxylic acid groups (broad SMARTS) is 1. The Bertz CT molecular complexity index is 849. The second kappa shape index (κ2) is 8.14. The van der Waals surface area contributed by atoms with Crippen molar-refractivity contribution in [3.63, 3.8) is 0 Å². The van der Waals surface area contributed by atoms with Crippen LogP contribution in [0.2, 0.25) is 0 Å². The first-order valence-electron chi connectivity index (χ1n) is 8.82. The highest BCUT2D eigenvalue weighted by Gasteiger charge is 2.32.